The average Bonchev–Trinajstić information content (AvgIpc) is 3.26. The lowest BCUT2D eigenvalue weighted by Gasteiger charge is -2.38. The Morgan fingerprint density at radius 1 is 0.968 bits per heavy atom. The highest BCUT2D eigenvalue weighted by Crippen LogP contribution is 2.68. The quantitative estimate of drug-likeness (QED) is 0.746. The van der Waals surface area contributed by atoms with E-state index in [0.29, 0.717) is 11.4 Å². The molecule has 2 aromatic carbocycles. The number of carbonyl (C=O) groups excluding carboxylic acids is 4. The van der Waals surface area contributed by atoms with E-state index in [9.17, 15) is 19.2 Å². The summed E-state index contributed by atoms with van der Waals surface area (Å²) in [4.78, 5) is 55.1. The highest BCUT2D eigenvalue weighted by atomic mass is 32.2. The van der Waals surface area contributed by atoms with Crippen molar-refractivity contribution in [2.75, 3.05) is 17.3 Å². The van der Waals surface area contributed by atoms with Crippen molar-refractivity contribution in [1.29, 1.82) is 0 Å². The van der Waals surface area contributed by atoms with E-state index in [4.69, 9.17) is 0 Å². The van der Waals surface area contributed by atoms with E-state index in [0.717, 1.165) is 0 Å². The van der Waals surface area contributed by atoms with Crippen LogP contribution in [0.3, 0.4) is 0 Å². The lowest BCUT2D eigenvalue weighted by molar-refractivity contribution is -0.147. The van der Waals surface area contributed by atoms with E-state index in [2.05, 4.69) is 5.32 Å². The van der Waals surface area contributed by atoms with Gasteiger partial charge in [0.2, 0.25) is 23.6 Å². The summed E-state index contributed by atoms with van der Waals surface area (Å²) in [6.45, 7) is 1.82. The number of benzene rings is 2. The maximum Gasteiger partial charge on any atom is 0.241 e. The Labute approximate surface area is 183 Å². The summed E-state index contributed by atoms with van der Waals surface area (Å²) in [5.74, 6) is -2.94. The normalized spacial score (nSPS) is 31.4. The van der Waals surface area contributed by atoms with Crippen LogP contribution in [-0.2, 0) is 19.2 Å². The summed E-state index contributed by atoms with van der Waals surface area (Å²) in [5.41, 5.74) is 1.10. The second-order valence-electron chi connectivity index (χ2n) is 8.30. The van der Waals surface area contributed by atoms with Crippen molar-refractivity contribution in [3.8, 4) is 0 Å². The van der Waals surface area contributed by atoms with Gasteiger partial charge in [-0.15, -0.1) is 11.8 Å². The number of nitrogens with one attached hydrogen (secondary N) is 1. The monoisotopic (exact) mass is 435 g/mol. The van der Waals surface area contributed by atoms with Crippen LogP contribution in [0.4, 0.5) is 11.4 Å². The molecule has 5 rings (SSSR count). The molecule has 2 bridgehead atoms. The van der Waals surface area contributed by atoms with Crippen LogP contribution in [0.1, 0.15) is 13.3 Å². The van der Waals surface area contributed by atoms with Crippen LogP contribution in [0.25, 0.3) is 0 Å². The van der Waals surface area contributed by atoms with Gasteiger partial charge in [-0.3, -0.25) is 19.2 Å². The molecule has 3 heterocycles. The number of rotatable bonds is 4. The van der Waals surface area contributed by atoms with Gasteiger partial charge in [0.15, 0.2) is 0 Å². The molecule has 7 nitrogen and oxygen atoms in total. The molecule has 8 heteroatoms. The van der Waals surface area contributed by atoms with E-state index < -0.39 is 27.4 Å². The molecule has 1 N–H and O–H groups in total. The number of carbonyl (C=O) groups is 4. The molecule has 2 aromatic rings. The first-order valence-corrected chi connectivity index (χ1v) is 10.9. The van der Waals surface area contributed by atoms with Crippen molar-refractivity contribution in [2.24, 2.45) is 11.8 Å². The van der Waals surface area contributed by atoms with Gasteiger partial charge < -0.3 is 10.2 Å². The van der Waals surface area contributed by atoms with Gasteiger partial charge in [-0.25, -0.2) is 4.90 Å². The second kappa shape index (κ2) is 6.68. The van der Waals surface area contributed by atoms with Crippen molar-refractivity contribution >= 4 is 46.8 Å². The fourth-order valence-electron chi connectivity index (χ4n) is 5.13. The first-order chi connectivity index (χ1) is 14.8. The fourth-order valence-corrected chi connectivity index (χ4v) is 7.24. The Morgan fingerprint density at radius 3 is 2.19 bits per heavy atom. The lowest BCUT2D eigenvalue weighted by atomic mass is 9.73. The van der Waals surface area contributed by atoms with Gasteiger partial charge in [-0.1, -0.05) is 36.4 Å². The highest BCUT2D eigenvalue weighted by Gasteiger charge is 2.79. The number of nitrogens with zero attached hydrogens (tertiary/aromatic N) is 2. The van der Waals surface area contributed by atoms with Crippen molar-refractivity contribution in [1.82, 2.24) is 4.90 Å². The Kier molecular flexibility index (Phi) is 4.27. The van der Waals surface area contributed by atoms with Gasteiger partial charge in [0.1, 0.15) is 4.75 Å². The summed E-state index contributed by atoms with van der Waals surface area (Å²) >= 11 is 1.28. The Bertz CT molecular complexity index is 1110. The largest absolute Gasteiger partial charge is 0.329 e. The minimum Gasteiger partial charge on any atom is -0.329 e. The van der Waals surface area contributed by atoms with Crippen LogP contribution in [0.2, 0.25) is 0 Å². The molecule has 3 fully saturated rings. The number of fused-ring (bicyclic) bond motifs is 5. The van der Waals surface area contributed by atoms with E-state index >= 15 is 0 Å². The molecular formula is C23H21N3O4S. The zero-order valence-electron chi connectivity index (χ0n) is 17.1. The third kappa shape index (κ3) is 2.61. The van der Waals surface area contributed by atoms with Crippen LogP contribution in [0.5, 0.6) is 0 Å². The third-order valence-electron chi connectivity index (χ3n) is 6.60. The highest BCUT2D eigenvalue weighted by molar-refractivity contribution is 8.03. The van der Waals surface area contributed by atoms with Gasteiger partial charge in [0, 0.05) is 12.7 Å². The molecule has 3 saturated heterocycles. The summed E-state index contributed by atoms with van der Waals surface area (Å²) in [6, 6.07) is 17.7. The molecule has 0 radical (unpaired) electrons. The SMILES string of the molecule is CN1C(=O)[C@@]2(CC(=O)Nc3ccccc3)S[C@]1(C)[C@H]1C(=O)N(c3ccccc3)C(=O)[C@H]12. The van der Waals surface area contributed by atoms with Crippen molar-refractivity contribution in [3.63, 3.8) is 0 Å². The van der Waals surface area contributed by atoms with E-state index in [1.54, 1.807) is 55.6 Å². The number of anilines is 2. The summed E-state index contributed by atoms with van der Waals surface area (Å²) in [6.07, 6.45) is -0.172. The number of hydrogen-bond donors (Lipinski definition) is 1. The number of para-hydroxylation sites is 2. The number of imide groups is 1. The molecule has 4 atom stereocenters. The van der Waals surface area contributed by atoms with Crippen LogP contribution < -0.4 is 10.2 Å². The van der Waals surface area contributed by atoms with Gasteiger partial charge >= 0.3 is 0 Å². The number of thioether (sulfide) groups is 1. The van der Waals surface area contributed by atoms with Gasteiger partial charge in [0.05, 0.1) is 28.8 Å². The summed E-state index contributed by atoms with van der Waals surface area (Å²) in [5, 5.41) is 2.81. The maximum atomic E-state index is 13.5. The molecule has 0 aliphatic carbocycles. The summed E-state index contributed by atoms with van der Waals surface area (Å²) in [7, 11) is 1.64. The van der Waals surface area contributed by atoms with Crippen LogP contribution >= 0.6 is 11.8 Å². The van der Waals surface area contributed by atoms with Crippen molar-refractivity contribution < 1.29 is 19.2 Å². The lowest BCUT2D eigenvalue weighted by Crippen LogP contribution is -2.58. The van der Waals surface area contributed by atoms with Gasteiger partial charge in [-0.2, -0.15) is 0 Å². The minimum atomic E-state index is -1.30. The molecule has 4 amide bonds. The Balaban J connectivity index is 1.53. The number of likely N-dealkylation sites (tertiary alicyclic amines) is 1. The standard InChI is InChI=1S/C23H21N3O4S/c1-22-17-18(20(29)26(19(17)28)15-11-7-4-8-12-15)23(31-22,21(30)25(22)2)13-16(27)24-14-9-5-3-6-10-14/h3-12,17-18H,13H2,1-2H3,(H,24,27)/t17-,18+,22-,23+/m1/s1. The maximum absolute atomic E-state index is 13.5. The van der Waals surface area contributed by atoms with Crippen LogP contribution in [0.15, 0.2) is 60.7 Å². The molecule has 0 aromatic heterocycles. The second-order valence-corrected chi connectivity index (χ2v) is 10.1. The fraction of sp³-hybridized carbons (Fsp3) is 0.304. The van der Waals surface area contributed by atoms with Crippen LogP contribution in [-0.4, -0.2) is 45.2 Å². The van der Waals surface area contributed by atoms with Crippen molar-refractivity contribution in [2.45, 2.75) is 23.0 Å². The molecule has 3 aliphatic heterocycles. The predicted octanol–water partition coefficient (Wildman–Crippen LogP) is 2.49. The smallest absolute Gasteiger partial charge is 0.241 e. The molecule has 0 saturated carbocycles. The number of piperidine rings is 1. The molecule has 0 spiro atoms. The van der Waals surface area contributed by atoms with Crippen LogP contribution in [0, 0.1) is 11.8 Å². The minimum absolute atomic E-state index is 0.172. The predicted molar refractivity (Wildman–Crippen MR) is 117 cm³/mol. The molecule has 31 heavy (non-hydrogen) atoms. The van der Waals surface area contributed by atoms with Gasteiger partial charge in [-0.05, 0) is 31.2 Å². The molecule has 158 valence electrons. The molecular weight excluding hydrogens is 414 g/mol. The van der Waals surface area contributed by atoms with Crippen molar-refractivity contribution in [3.05, 3.63) is 60.7 Å². The van der Waals surface area contributed by atoms with E-state index in [-0.39, 0.29) is 24.1 Å². The number of amides is 4. The molecule has 0 unspecified atom stereocenters. The first-order valence-electron chi connectivity index (χ1n) is 10.1. The topological polar surface area (TPSA) is 86.8 Å². The van der Waals surface area contributed by atoms with Gasteiger partial charge in [0.25, 0.3) is 0 Å². The zero-order chi connectivity index (χ0) is 22.0. The Hall–Kier alpha value is -3.13. The average molecular weight is 436 g/mol. The Morgan fingerprint density at radius 2 is 1.55 bits per heavy atom. The van der Waals surface area contributed by atoms with E-state index in [1.807, 2.05) is 19.1 Å². The number of hydrogen-bond acceptors (Lipinski definition) is 5. The zero-order valence-corrected chi connectivity index (χ0v) is 17.9. The van der Waals surface area contributed by atoms with E-state index in [1.165, 1.54) is 21.6 Å². The first kappa shape index (κ1) is 19.8. The summed E-state index contributed by atoms with van der Waals surface area (Å²) < 4.78 is -1.30. The molecule has 3 aliphatic rings. The third-order valence-corrected chi connectivity index (χ3v) is 8.48.